The fraction of sp³-hybridized carbons (Fsp3) is 0.111. The van der Waals surface area contributed by atoms with Crippen LogP contribution < -0.4 is 10.5 Å². The van der Waals surface area contributed by atoms with Gasteiger partial charge in [0.2, 0.25) is 0 Å². The van der Waals surface area contributed by atoms with Gasteiger partial charge in [0.15, 0.2) is 0 Å². The van der Waals surface area contributed by atoms with Gasteiger partial charge in [0.1, 0.15) is 10.7 Å². The SMILES string of the molecule is Cc1cc(N)cnc1NS(=O)(=O)c1cn[nH]c1. The molecule has 8 heteroatoms. The second kappa shape index (κ2) is 4.06. The molecule has 0 saturated carbocycles. The van der Waals surface area contributed by atoms with Crippen molar-refractivity contribution in [3.63, 3.8) is 0 Å². The van der Waals surface area contributed by atoms with Gasteiger partial charge in [-0.2, -0.15) is 5.10 Å². The van der Waals surface area contributed by atoms with Crippen LogP contribution in [0.1, 0.15) is 5.56 Å². The Balaban J connectivity index is 2.33. The van der Waals surface area contributed by atoms with Crippen LogP contribution in [0.15, 0.2) is 29.6 Å². The standard InChI is InChI=1S/C9H11N5O2S/c1-6-2-7(10)3-11-9(6)14-17(15,16)8-4-12-13-5-8/h2-5H,10H2,1H3,(H,11,14)(H,12,13). The fourth-order valence-corrected chi connectivity index (χ4v) is 2.26. The smallest absolute Gasteiger partial charge is 0.266 e. The maximum Gasteiger partial charge on any atom is 0.266 e. The topological polar surface area (TPSA) is 114 Å². The normalized spacial score (nSPS) is 11.4. The van der Waals surface area contributed by atoms with Crippen molar-refractivity contribution < 1.29 is 8.42 Å². The number of nitrogens with two attached hydrogens (primary N) is 1. The van der Waals surface area contributed by atoms with Crippen molar-refractivity contribution in [2.45, 2.75) is 11.8 Å². The highest BCUT2D eigenvalue weighted by molar-refractivity contribution is 7.92. The summed E-state index contributed by atoms with van der Waals surface area (Å²) in [5.74, 6) is 0.250. The zero-order chi connectivity index (χ0) is 12.5. The summed E-state index contributed by atoms with van der Waals surface area (Å²) in [6.07, 6.45) is 3.89. The molecule has 2 aromatic rings. The highest BCUT2D eigenvalue weighted by Crippen LogP contribution is 2.18. The average molecular weight is 253 g/mol. The number of aromatic amines is 1. The molecule has 4 N–H and O–H groups in total. The summed E-state index contributed by atoms with van der Waals surface area (Å²) in [5.41, 5.74) is 6.66. The van der Waals surface area contributed by atoms with Crippen LogP contribution in [0.5, 0.6) is 0 Å². The number of nitrogen functional groups attached to an aromatic ring is 1. The zero-order valence-electron chi connectivity index (χ0n) is 9.01. The van der Waals surface area contributed by atoms with E-state index in [1.165, 1.54) is 18.6 Å². The lowest BCUT2D eigenvalue weighted by molar-refractivity contribution is 0.601. The van der Waals surface area contributed by atoms with Crippen molar-refractivity contribution in [1.29, 1.82) is 0 Å². The Morgan fingerprint density at radius 2 is 2.18 bits per heavy atom. The quantitative estimate of drug-likeness (QED) is 0.736. The van der Waals surface area contributed by atoms with Gasteiger partial charge in [-0.15, -0.1) is 0 Å². The first-order chi connectivity index (χ1) is 7.99. The van der Waals surface area contributed by atoms with Crippen LogP contribution in [0.2, 0.25) is 0 Å². The van der Waals surface area contributed by atoms with Gasteiger partial charge in [0.05, 0.1) is 18.1 Å². The van der Waals surface area contributed by atoms with Gasteiger partial charge in [-0.25, -0.2) is 13.4 Å². The highest BCUT2D eigenvalue weighted by Gasteiger charge is 2.16. The lowest BCUT2D eigenvalue weighted by Crippen LogP contribution is -2.14. The van der Waals surface area contributed by atoms with Crippen LogP contribution in [0.3, 0.4) is 0 Å². The number of rotatable bonds is 3. The van der Waals surface area contributed by atoms with Gasteiger partial charge in [-0.05, 0) is 18.6 Å². The largest absolute Gasteiger partial charge is 0.397 e. The van der Waals surface area contributed by atoms with Crippen LogP contribution in [0.25, 0.3) is 0 Å². The minimum Gasteiger partial charge on any atom is -0.397 e. The molecule has 0 saturated heterocycles. The average Bonchev–Trinajstić information content (AvgIpc) is 2.76. The van der Waals surface area contributed by atoms with Gasteiger partial charge in [-0.3, -0.25) is 9.82 Å². The van der Waals surface area contributed by atoms with E-state index in [-0.39, 0.29) is 10.7 Å². The maximum atomic E-state index is 11.9. The molecule has 0 unspecified atom stereocenters. The summed E-state index contributed by atoms with van der Waals surface area (Å²) < 4.78 is 26.1. The summed E-state index contributed by atoms with van der Waals surface area (Å²) in [6.45, 7) is 1.72. The predicted octanol–water partition coefficient (Wildman–Crippen LogP) is 0.496. The molecule has 2 heterocycles. The minimum absolute atomic E-state index is 0.0514. The fourth-order valence-electron chi connectivity index (χ4n) is 1.28. The lowest BCUT2D eigenvalue weighted by Gasteiger charge is -2.08. The van der Waals surface area contributed by atoms with Crippen molar-refractivity contribution >= 4 is 21.5 Å². The van der Waals surface area contributed by atoms with Crippen molar-refractivity contribution in [2.75, 3.05) is 10.5 Å². The molecule has 2 aromatic heterocycles. The van der Waals surface area contributed by atoms with E-state index in [9.17, 15) is 8.42 Å². The number of sulfonamides is 1. The molecule has 0 atom stereocenters. The highest BCUT2D eigenvalue weighted by atomic mass is 32.2. The first-order valence-corrected chi connectivity index (χ1v) is 6.21. The number of anilines is 2. The lowest BCUT2D eigenvalue weighted by atomic mass is 10.3. The Morgan fingerprint density at radius 3 is 2.76 bits per heavy atom. The third-order valence-corrected chi connectivity index (χ3v) is 3.42. The van der Waals surface area contributed by atoms with Crippen molar-refractivity contribution in [1.82, 2.24) is 15.2 Å². The Bertz CT molecular complexity index is 621. The summed E-state index contributed by atoms with van der Waals surface area (Å²) in [7, 11) is -3.65. The number of pyridine rings is 1. The predicted molar refractivity (Wildman–Crippen MR) is 62.8 cm³/mol. The van der Waals surface area contributed by atoms with Crippen molar-refractivity contribution in [3.05, 3.63) is 30.2 Å². The number of nitrogens with one attached hydrogen (secondary N) is 2. The molecule has 0 radical (unpaired) electrons. The number of H-pyrrole nitrogens is 1. The Labute approximate surface area is 98.1 Å². The molecular weight excluding hydrogens is 242 g/mol. The van der Waals surface area contributed by atoms with Gasteiger partial charge < -0.3 is 5.73 Å². The van der Waals surface area contributed by atoms with Crippen LogP contribution in [-0.2, 0) is 10.0 Å². The van der Waals surface area contributed by atoms with Crippen LogP contribution in [-0.4, -0.2) is 23.6 Å². The molecule has 0 aliphatic carbocycles. The Kier molecular flexibility index (Phi) is 2.72. The molecule has 7 nitrogen and oxygen atoms in total. The monoisotopic (exact) mass is 253 g/mol. The third-order valence-electron chi connectivity index (χ3n) is 2.11. The second-order valence-electron chi connectivity index (χ2n) is 3.47. The molecule has 0 fully saturated rings. The molecule has 0 aromatic carbocycles. The van der Waals surface area contributed by atoms with E-state index < -0.39 is 10.0 Å². The minimum atomic E-state index is -3.65. The molecule has 0 aliphatic rings. The molecule has 0 aliphatic heterocycles. The summed E-state index contributed by atoms with van der Waals surface area (Å²) in [5, 5.41) is 6.02. The van der Waals surface area contributed by atoms with Crippen LogP contribution in [0.4, 0.5) is 11.5 Å². The molecular formula is C9H11N5O2S. The number of aryl methyl sites for hydroxylation is 1. The van der Waals surface area contributed by atoms with Crippen LogP contribution in [0, 0.1) is 6.92 Å². The van der Waals surface area contributed by atoms with Crippen LogP contribution >= 0.6 is 0 Å². The summed E-state index contributed by atoms with van der Waals surface area (Å²) in [4.78, 5) is 3.98. The zero-order valence-corrected chi connectivity index (χ0v) is 9.82. The first-order valence-electron chi connectivity index (χ1n) is 4.73. The molecule has 17 heavy (non-hydrogen) atoms. The van der Waals surface area contributed by atoms with E-state index in [0.29, 0.717) is 11.3 Å². The number of nitrogens with zero attached hydrogens (tertiary/aromatic N) is 2. The number of aromatic nitrogens is 3. The van der Waals surface area contributed by atoms with E-state index in [1.54, 1.807) is 13.0 Å². The van der Waals surface area contributed by atoms with Crippen molar-refractivity contribution in [2.24, 2.45) is 0 Å². The van der Waals surface area contributed by atoms with E-state index in [1.807, 2.05) is 0 Å². The van der Waals surface area contributed by atoms with Gasteiger partial charge in [0.25, 0.3) is 10.0 Å². The van der Waals surface area contributed by atoms with Crippen molar-refractivity contribution in [3.8, 4) is 0 Å². The molecule has 0 bridgehead atoms. The molecule has 2 rings (SSSR count). The van der Waals surface area contributed by atoms with Gasteiger partial charge in [-0.1, -0.05) is 0 Å². The Hall–Kier alpha value is -2.09. The second-order valence-corrected chi connectivity index (χ2v) is 5.16. The van der Waals surface area contributed by atoms with E-state index in [0.717, 1.165) is 0 Å². The first kappa shape index (κ1) is 11.4. The number of hydrogen-bond acceptors (Lipinski definition) is 5. The summed E-state index contributed by atoms with van der Waals surface area (Å²) in [6, 6.07) is 1.64. The third kappa shape index (κ3) is 2.36. The Morgan fingerprint density at radius 1 is 1.41 bits per heavy atom. The molecule has 90 valence electrons. The molecule has 0 amide bonds. The molecule has 0 spiro atoms. The maximum absolute atomic E-state index is 11.9. The summed E-state index contributed by atoms with van der Waals surface area (Å²) >= 11 is 0. The number of hydrogen-bond donors (Lipinski definition) is 3. The van der Waals surface area contributed by atoms with E-state index in [4.69, 9.17) is 5.73 Å². The van der Waals surface area contributed by atoms with Gasteiger partial charge >= 0.3 is 0 Å². The van der Waals surface area contributed by atoms with Gasteiger partial charge in [0, 0.05) is 6.20 Å². The van der Waals surface area contributed by atoms with E-state index in [2.05, 4.69) is 19.9 Å². The van der Waals surface area contributed by atoms with E-state index >= 15 is 0 Å².